The zero-order valence-corrected chi connectivity index (χ0v) is 13.2. The summed E-state index contributed by atoms with van der Waals surface area (Å²) in [7, 11) is 3.15. The fourth-order valence-corrected chi connectivity index (χ4v) is 3.19. The number of nitrogens with one attached hydrogen (secondary N) is 1. The van der Waals surface area contributed by atoms with E-state index in [1.165, 1.54) is 7.11 Å². The first-order valence-electron chi connectivity index (χ1n) is 7.13. The predicted molar refractivity (Wildman–Crippen MR) is 84.7 cm³/mol. The molecule has 3 rings (SSSR count). The van der Waals surface area contributed by atoms with Crippen molar-refractivity contribution in [2.75, 3.05) is 26.0 Å². The van der Waals surface area contributed by atoms with E-state index in [-0.39, 0.29) is 11.9 Å². The minimum Gasteiger partial charge on any atom is -0.467 e. The van der Waals surface area contributed by atoms with Crippen molar-refractivity contribution in [3.63, 3.8) is 0 Å². The molecule has 0 radical (unpaired) electrons. The van der Waals surface area contributed by atoms with Gasteiger partial charge in [-0.05, 0) is 24.1 Å². The van der Waals surface area contributed by atoms with Crippen LogP contribution in [-0.2, 0) is 14.3 Å². The van der Waals surface area contributed by atoms with Gasteiger partial charge in [-0.25, -0.2) is 4.79 Å². The van der Waals surface area contributed by atoms with E-state index in [2.05, 4.69) is 5.32 Å². The number of hydrogen-bond acceptors (Lipinski definition) is 4. The molecule has 5 nitrogen and oxygen atoms in total. The molecule has 2 heterocycles. The molecule has 0 saturated carbocycles. The Morgan fingerprint density at radius 1 is 1.41 bits per heavy atom. The number of hydrogen-bond donors (Lipinski definition) is 1. The average Bonchev–Trinajstić information content (AvgIpc) is 2.84. The van der Waals surface area contributed by atoms with Crippen molar-refractivity contribution < 1.29 is 14.3 Å². The Kier molecular flexibility index (Phi) is 3.83. The minimum atomic E-state index is -0.503. The highest BCUT2D eigenvalue weighted by molar-refractivity contribution is 6.31. The lowest BCUT2D eigenvalue weighted by atomic mass is 9.88. The molecular formula is C16H17ClN2O3. The topological polar surface area (TPSA) is 58.6 Å². The van der Waals surface area contributed by atoms with E-state index >= 15 is 0 Å². The Hall–Kier alpha value is -2.01. The molecule has 6 heteroatoms. The maximum absolute atomic E-state index is 12.3. The second kappa shape index (κ2) is 5.65. The Morgan fingerprint density at radius 2 is 2.18 bits per heavy atom. The summed E-state index contributed by atoms with van der Waals surface area (Å²) >= 11 is 6.05. The van der Waals surface area contributed by atoms with Gasteiger partial charge in [0.1, 0.15) is 6.04 Å². The Balaban J connectivity index is 2.11. The van der Waals surface area contributed by atoms with Gasteiger partial charge in [0.15, 0.2) is 0 Å². The molecule has 0 spiro atoms. The number of ether oxygens (including phenoxy) is 1. The van der Waals surface area contributed by atoms with Crippen LogP contribution in [0.4, 0.5) is 5.69 Å². The molecule has 2 aliphatic rings. The van der Waals surface area contributed by atoms with Gasteiger partial charge < -0.3 is 15.0 Å². The first-order chi connectivity index (χ1) is 10.5. The van der Waals surface area contributed by atoms with Gasteiger partial charge in [-0.1, -0.05) is 17.7 Å². The molecule has 116 valence electrons. The Labute approximate surface area is 133 Å². The quantitative estimate of drug-likeness (QED) is 0.637. The third-order valence-electron chi connectivity index (χ3n) is 4.20. The zero-order valence-electron chi connectivity index (χ0n) is 12.5. The molecule has 1 amide bonds. The summed E-state index contributed by atoms with van der Waals surface area (Å²) in [4.78, 5) is 26.0. The fourth-order valence-electron chi connectivity index (χ4n) is 3.02. The SMILES string of the molecule is COC(=O)C1C/C(=C2/CCN(C)C2=O)c2ccc(Cl)cc2N1. The summed E-state index contributed by atoms with van der Waals surface area (Å²) in [5, 5.41) is 3.73. The molecule has 0 bridgehead atoms. The standard InChI is InChI=1S/C16H17ClN2O3/c1-19-6-5-11(15(19)20)12-8-14(16(21)22-2)18-13-7-9(17)3-4-10(12)13/h3-4,7,14,18H,5-6,8H2,1-2H3/b12-11+. The smallest absolute Gasteiger partial charge is 0.328 e. The third kappa shape index (κ3) is 2.46. The van der Waals surface area contributed by atoms with Gasteiger partial charge in [-0.2, -0.15) is 0 Å². The number of fused-ring (bicyclic) bond motifs is 1. The van der Waals surface area contributed by atoms with Crippen LogP contribution in [0, 0.1) is 0 Å². The van der Waals surface area contributed by atoms with Crippen molar-refractivity contribution in [3.8, 4) is 0 Å². The highest BCUT2D eigenvalue weighted by Crippen LogP contribution is 2.39. The Morgan fingerprint density at radius 3 is 2.82 bits per heavy atom. The molecule has 1 atom stereocenters. The number of rotatable bonds is 1. The number of carbonyl (C=O) groups is 2. The summed E-state index contributed by atoms with van der Waals surface area (Å²) in [6.45, 7) is 0.705. The third-order valence-corrected chi connectivity index (χ3v) is 4.43. The normalized spacial score (nSPS) is 24.0. The van der Waals surface area contributed by atoms with Crippen LogP contribution in [0.25, 0.3) is 5.57 Å². The van der Waals surface area contributed by atoms with E-state index in [0.717, 1.165) is 22.4 Å². The monoisotopic (exact) mass is 320 g/mol. The van der Waals surface area contributed by atoms with E-state index < -0.39 is 6.04 Å². The first-order valence-corrected chi connectivity index (χ1v) is 7.51. The maximum atomic E-state index is 12.3. The van der Waals surface area contributed by atoms with Gasteiger partial charge in [0, 0.05) is 41.9 Å². The number of likely N-dealkylation sites (N-methyl/N-ethyl adjacent to an activating group) is 1. The fraction of sp³-hybridized carbons (Fsp3) is 0.375. The van der Waals surface area contributed by atoms with Gasteiger partial charge in [-0.3, -0.25) is 4.79 Å². The van der Waals surface area contributed by atoms with Gasteiger partial charge >= 0.3 is 5.97 Å². The number of halogens is 1. The van der Waals surface area contributed by atoms with E-state index in [1.54, 1.807) is 24.1 Å². The number of likely N-dealkylation sites (tertiary alicyclic amines) is 1. The summed E-state index contributed by atoms with van der Waals surface area (Å²) in [6.07, 6.45) is 1.14. The molecule has 22 heavy (non-hydrogen) atoms. The molecule has 1 N–H and O–H groups in total. The largest absolute Gasteiger partial charge is 0.467 e. The lowest BCUT2D eigenvalue weighted by Crippen LogP contribution is -2.34. The van der Waals surface area contributed by atoms with Crippen LogP contribution >= 0.6 is 11.6 Å². The van der Waals surface area contributed by atoms with Gasteiger partial charge in [-0.15, -0.1) is 0 Å². The molecular weight excluding hydrogens is 304 g/mol. The number of methoxy groups -OCH3 is 1. The van der Waals surface area contributed by atoms with E-state index in [9.17, 15) is 9.59 Å². The van der Waals surface area contributed by atoms with E-state index in [1.807, 2.05) is 6.07 Å². The highest BCUT2D eigenvalue weighted by atomic mass is 35.5. The van der Waals surface area contributed by atoms with Crippen molar-refractivity contribution in [1.29, 1.82) is 0 Å². The van der Waals surface area contributed by atoms with Crippen molar-refractivity contribution in [2.45, 2.75) is 18.9 Å². The van der Waals surface area contributed by atoms with Crippen molar-refractivity contribution in [1.82, 2.24) is 4.90 Å². The molecule has 1 aromatic rings. The van der Waals surface area contributed by atoms with E-state index in [4.69, 9.17) is 16.3 Å². The second-order valence-corrected chi connectivity index (χ2v) is 5.98. The molecule has 2 aliphatic heterocycles. The minimum absolute atomic E-state index is 0.0291. The summed E-state index contributed by atoms with van der Waals surface area (Å²) in [5.74, 6) is -0.316. The molecule has 1 unspecified atom stereocenters. The van der Waals surface area contributed by atoms with Crippen LogP contribution < -0.4 is 5.32 Å². The van der Waals surface area contributed by atoms with Crippen LogP contribution in [0.2, 0.25) is 5.02 Å². The predicted octanol–water partition coefficient (Wildman–Crippen LogP) is 2.31. The average molecular weight is 321 g/mol. The van der Waals surface area contributed by atoms with Crippen LogP contribution in [0.5, 0.6) is 0 Å². The lowest BCUT2D eigenvalue weighted by molar-refractivity contribution is -0.141. The summed E-state index contributed by atoms with van der Waals surface area (Å²) in [5.41, 5.74) is 3.39. The van der Waals surface area contributed by atoms with Gasteiger partial charge in [0.05, 0.1) is 7.11 Å². The van der Waals surface area contributed by atoms with Gasteiger partial charge in [0.2, 0.25) is 5.91 Å². The second-order valence-electron chi connectivity index (χ2n) is 5.55. The number of amides is 1. The van der Waals surface area contributed by atoms with Crippen LogP contribution in [-0.4, -0.2) is 43.5 Å². The summed E-state index contributed by atoms with van der Waals surface area (Å²) in [6, 6.07) is 4.96. The highest BCUT2D eigenvalue weighted by Gasteiger charge is 2.33. The number of anilines is 1. The lowest BCUT2D eigenvalue weighted by Gasteiger charge is -2.28. The first kappa shape index (κ1) is 14.9. The van der Waals surface area contributed by atoms with Crippen LogP contribution in [0.1, 0.15) is 18.4 Å². The van der Waals surface area contributed by atoms with Crippen molar-refractivity contribution in [3.05, 3.63) is 34.4 Å². The molecule has 1 aromatic carbocycles. The molecule has 1 saturated heterocycles. The van der Waals surface area contributed by atoms with Crippen molar-refractivity contribution >= 4 is 34.7 Å². The molecule has 1 fully saturated rings. The summed E-state index contributed by atoms with van der Waals surface area (Å²) < 4.78 is 4.84. The van der Waals surface area contributed by atoms with Crippen molar-refractivity contribution in [2.24, 2.45) is 0 Å². The molecule has 0 aliphatic carbocycles. The van der Waals surface area contributed by atoms with E-state index in [0.29, 0.717) is 24.4 Å². The van der Waals surface area contributed by atoms with Crippen LogP contribution in [0.3, 0.4) is 0 Å². The number of carbonyl (C=O) groups excluding carboxylic acids is 2. The van der Waals surface area contributed by atoms with Crippen LogP contribution in [0.15, 0.2) is 23.8 Å². The number of esters is 1. The number of nitrogens with zero attached hydrogens (tertiary/aromatic N) is 1. The molecule has 0 aromatic heterocycles. The maximum Gasteiger partial charge on any atom is 0.328 e. The zero-order chi connectivity index (χ0) is 15.9. The number of benzene rings is 1. The van der Waals surface area contributed by atoms with Gasteiger partial charge in [0.25, 0.3) is 0 Å². The Bertz CT molecular complexity index is 684.